The Morgan fingerprint density at radius 1 is 1.53 bits per heavy atom. The number of piperidine rings is 1. The van der Waals surface area contributed by atoms with Crippen LogP contribution in [0.1, 0.15) is 36.7 Å². The van der Waals surface area contributed by atoms with Crippen molar-refractivity contribution in [2.45, 2.75) is 26.2 Å². The van der Waals surface area contributed by atoms with E-state index in [4.69, 9.17) is 5.73 Å². The second kappa shape index (κ2) is 5.12. The molecule has 0 radical (unpaired) electrons. The second-order valence-electron chi connectivity index (χ2n) is 4.51. The highest BCUT2D eigenvalue weighted by Crippen LogP contribution is 2.20. The summed E-state index contributed by atoms with van der Waals surface area (Å²) in [6, 6.07) is 3.25. The third-order valence-electron chi connectivity index (χ3n) is 3.29. The number of carbonyl (C=O) groups is 1. The fraction of sp³-hybridized carbons (Fsp3) is 0.583. The molecule has 17 heavy (non-hydrogen) atoms. The normalized spacial score (nSPS) is 20.3. The molecule has 1 fully saturated rings. The van der Waals surface area contributed by atoms with E-state index in [-0.39, 0.29) is 5.91 Å². The maximum absolute atomic E-state index is 12.2. The van der Waals surface area contributed by atoms with Crippen LogP contribution in [0.3, 0.4) is 0 Å². The van der Waals surface area contributed by atoms with Gasteiger partial charge in [-0.3, -0.25) is 4.79 Å². The van der Waals surface area contributed by atoms with E-state index < -0.39 is 0 Å². The minimum absolute atomic E-state index is 0.0318. The number of anilines is 1. The molecule has 5 heteroatoms. The van der Waals surface area contributed by atoms with Gasteiger partial charge >= 0.3 is 0 Å². The van der Waals surface area contributed by atoms with Crippen molar-refractivity contribution in [3.63, 3.8) is 0 Å². The van der Waals surface area contributed by atoms with Crippen LogP contribution in [0.2, 0.25) is 0 Å². The molecule has 92 valence electrons. The maximum atomic E-state index is 12.2. The van der Waals surface area contributed by atoms with Crippen LogP contribution in [-0.2, 0) is 0 Å². The van der Waals surface area contributed by atoms with Gasteiger partial charge < -0.3 is 10.6 Å². The fourth-order valence-corrected chi connectivity index (χ4v) is 2.20. The van der Waals surface area contributed by atoms with E-state index in [9.17, 15) is 4.79 Å². The lowest BCUT2D eigenvalue weighted by molar-refractivity contribution is 0.0664. The van der Waals surface area contributed by atoms with Crippen molar-refractivity contribution in [2.24, 2.45) is 5.92 Å². The first-order chi connectivity index (χ1) is 8.20. The van der Waals surface area contributed by atoms with E-state index in [1.165, 1.54) is 6.42 Å². The minimum Gasteiger partial charge on any atom is -0.382 e. The molecule has 1 aliphatic heterocycles. The zero-order valence-corrected chi connectivity index (χ0v) is 10.1. The number of nitrogens with zero attached hydrogens (tertiary/aromatic N) is 3. The molecule has 1 saturated heterocycles. The second-order valence-corrected chi connectivity index (χ2v) is 4.51. The highest BCUT2D eigenvalue weighted by molar-refractivity contribution is 5.92. The standard InChI is InChI=1S/C12H18N4O/c1-2-9-4-3-7-16(8-9)12(17)10-5-6-11(13)15-14-10/h5-6,9H,2-4,7-8H2,1H3,(H2,13,15). The zero-order valence-electron chi connectivity index (χ0n) is 10.1. The summed E-state index contributed by atoms with van der Waals surface area (Å²) in [5, 5.41) is 7.55. The van der Waals surface area contributed by atoms with Crippen LogP contribution in [0, 0.1) is 5.92 Å². The summed E-state index contributed by atoms with van der Waals surface area (Å²) >= 11 is 0. The Labute approximate surface area is 101 Å². The molecule has 2 N–H and O–H groups in total. The maximum Gasteiger partial charge on any atom is 0.274 e. The quantitative estimate of drug-likeness (QED) is 0.837. The lowest BCUT2D eigenvalue weighted by Crippen LogP contribution is -2.40. The lowest BCUT2D eigenvalue weighted by Gasteiger charge is -2.31. The van der Waals surface area contributed by atoms with Gasteiger partial charge in [-0.05, 0) is 30.9 Å². The Hall–Kier alpha value is -1.65. The molecule has 5 nitrogen and oxygen atoms in total. The molecule has 2 rings (SSSR count). The van der Waals surface area contributed by atoms with Crippen molar-refractivity contribution in [2.75, 3.05) is 18.8 Å². The molecule has 0 aromatic carbocycles. The molecule has 2 heterocycles. The van der Waals surface area contributed by atoms with Crippen LogP contribution >= 0.6 is 0 Å². The number of rotatable bonds is 2. The van der Waals surface area contributed by atoms with Gasteiger partial charge in [0.15, 0.2) is 5.69 Å². The molecule has 0 aliphatic carbocycles. The van der Waals surface area contributed by atoms with Gasteiger partial charge in [0, 0.05) is 13.1 Å². The van der Waals surface area contributed by atoms with Crippen LogP contribution in [0.5, 0.6) is 0 Å². The topological polar surface area (TPSA) is 72.1 Å². The molecule has 1 aromatic rings. The average molecular weight is 234 g/mol. The molecule has 1 unspecified atom stereocenters. The average Bonchev–Trinajstić information content (AvgIpc) is 2.39. The van der Waals surface area contributed by atoms with Gasteiger partial charge in [-0.25, -0.2) is 0 Å². The number of hydrogen-bond acceptors (Lipinski definition) is 4. The summed E-state index contributed by atoms with van der Waals surface area (Å²) < 4.78 is 0. The van der Waals surface area contributed by atoms with Gasteiger partial charge in [-0.1, -0.05) is 13.3 Å². The van der Waals surface area contributed by atoms with Crippen LogP contribution in [0.4, 0.5) is 5.82 Å². The fourth-order valence-electron chi connectivity index (χ4n) is 2.20. The third-order valence-corrected chi connectivity index (χ3v) is 3.29. The van der Waals surface area contributed by atoms with E-state index >= 15 is 0 Å². The number of amides is 1. The molecule has 0 saturated carbocycles. The van der Waals surface area contributed by atoms with E-state index in [0.717, 1.165) is 25.9 Å². The smallest absolute Gasteiger partial charge is 0.274 e. The molecule has 1 aromatic heterocycles. The van der Waals surface area contributed by atoms with Crippen LogP contribution in [-0.4, -0.2) is 34.1 Å². The highest BCUT2D eigenvalue weighted by atomic mass is 16.2. The monoisotopic (exact) mass is 234 g/mol. The van der Waals surface area contributed by atoms with E-state index in [1.807, 2.05) is 4.90 Å². The Balaban J connectivity index is 2.06. The summed E-state index contributed by atoms with van der Waals surface area (Å²) in [6.07, 6.45) is 3.41. The van der Waals surface area contributed by atoms with Crippen LogP contribution in [0.25, 0.3) is 0 Å². The SMILES string of the molecule is CCC1CCCN(C(=O)c2ccc(N)nn2)C1. The molecule has 0 bridgehead atoms. The summed E-state index contributed by atoms with van der Waals surface area (Å²) in [5.74, 6) is 0.928. The number of hydrogen-bond donors (Lipinski definition) is 1. The van der Waals surface area contributed by atoms with Gasteiger partial charge in [0.2, 0.25) is 0 Å². The molecule has 1 amide bonds. The van der Waals surface area contributed by atoms with E-state index in [1.54, 1.807) is 12.1 Å². The predicted molar refractivity (Wildman–Crippen MR) is 65.4 cm³/mol. The van der Waals surface area contributed by atoms with E-state index in [2.05, 4.69) is 17.1 Å². The minimum atomic E-state index is -0.0318. The van der Waals surface area contributed by atoms with Crippen molar-refractivity contribution in [1.29, 1.82) is 0 Å². The summed E-state index contributed by atoms with van der Waals surface area (Å²) in [7, 11) is 0. The van der Waals surface area contributed by atoms with Gasteiger partial charge in [-0.15, -0.1) is 10.2 Å². The van der Waals surface area contributed by atoms with Crippen molar-refractivity contribution < 1.29 is 4.79 Å². The predicted octanol–water partition coefficient (Wildman–Crippen LogP) is 1.32. The van der Waals surface area contributed by atoms with Crippen LogP contribution in [0.15, 0.2) is 12.1 Å². The van der Waals surface area contributed by atoms with Crippen molar-refractivity contribution >= 4 is 11.7 Å². The number of carbonyl (C=O) groups excluding carboxylic acids is 1. The Morgan fingerprint density at radius 3 is 3.00 bits per heavy atom. The first-order valence-corrected chi connectivity index (χ1v) is 6.09. The van der Waals surface area contributed by atoms with E-state index in [0.29, 0.717) is 17.4 Å². The molecular weight excluding hydrogens is 216 g/mol. The lowest BCUT2D eigenvalue weighted by atomic mass is 9.95. The largest absolute Gasteiger partial charge is 0.382 e. The summed E-state index contributed by atoms with van der Waals surface area (Å²) in [5.41, 5.74) is 5.84. The Bertz CT molecular complexity index is 390. The van der Waals surface area contributed by atoms with Crippen molar-refractivity contribution in [1.82, 2.24) is 15.1 Å². The zero-order chi connectivity index (χ0) is 12.3. The first kappa shape index (κ1) is 11.8. The highest BCUT2D eigenvalue weighted by Gasteiger charge is 2.24. The third kappa shape index (κ3) is 2.72. The van der Waals surface area contributed by atoms with Crippen LogP contribution < -0.4 is 5.73 Å². The molecule has 1 atom stereocenters. The Kier molecular flexibility index (Phi) is 3.56. The van der Waals surface area contributed by atoms with Gasteiger partial charge in [-0.2, -0.15) is 0 Å². The van der Waals surface area contributed by atoms with Crippen molar-refractivity contribution in [3.8, 4) is 0 Å². The Morgan fingerprint density at radius 2 is 2.35 bits per heavy atom. The number of nitrogens with two attached hydrogens (primary N) is 1. The number of nitrogen functional groups attached to an aromatic ring is 1. The number of aromatic nitrogens is 2. The van der Waals surface area contributed by atoms with Gasteiger partial charge in [0.25, 0.3) is 5.91 Å². The van der Waals surface area contributed by atoms with Gasteiger partial charge in [0.05, 0.1) is 0 Å². The summed E-state index contributed by atoms with van der Waals surface area (Å²) in [4.78, 5) is 14.0. The molecular formula is C12H18N4O. The summed E-state index contributed by atoms with van der Waals surface area (Å²) in [6.45, 7) is 3.82. The molecule has 1 aliphatic rings. The molecule has 0 spiro atoms. The van der Waals surface area contributed by atoms with Gasteiger partial charge in [0.1, 0.15) is 5.82 Å². The first-order valence-electron chi connectivity index (χ1n) is 6.09. The van der Waals surface area contributed by atoms with Crippen molar-refractivity contribution in [3.05, 3.63) is 17.8 Å². The number of likely N-dealkylation sites (tertiary alicyclic amines) is 1.